The van der Waals surface area contributed by atoms with Gasteiger partial charge in [-0.25, -0.2) is 4.68 Å². The summed E-state index contributed by atoms with van der Waals surface area (Å²) in [5, 5.41) is 8.08. The van der Waals surface area contributed by atoms with Gasteiger partial charge in [-0.3, -0.25) is 9.59 Å². The van der Waals surface area contributed by atoms with Crippen molar-refractivity contribution in [1.82, 2.24) is 9.78 Å². The molecular weight excluding hydrogens is 346 g/mol. The van der Waals surface area contributed by atoms with Crippen molar-refractivity contribution in [1.29, 1.82) is 0 Å². The summed E-state index contributed by atoms with van der Waals surface area (Å²) in [6.45, 7) is 3.69. The quantitative estimate of drug-likeness (QED) is 0.748. The van der Waals surface area contributed by atoms with E-state index < -0.39 is 5.91 Å². The van der Waals surface area contributed by atoms with Gasteiger partial charge in [-0.05, 0) is 32.0 Å². The highest BCUT2D eigenvalue weighted by atomic mass is 16.5. The Balaban J connectivity index is 2.09. The van der Waals surface area contributed by atoms with E-state index in [1.807, 2.05) is 13.8 Å². The van der Waals surface area contributed by atoms with E-state index in [0.29, 0.717) is 28.0 Å². The molecule has 0 saturated carbocycles. The number of hydrogen-bond donors (Lipinski definition) is 1. The molecule has 27 heavy (non-hydrogen) atoms. The molecule has 1 heterocycles. The van der Waals surface area contributed by atoms with Gasteiger partial charge in [-0.2, -0.15) is 5.10 Å². The van der Waals surface area contributed by atoms with Crippen LogP contribution >= 0.6 is 0 Å². The third-order valence-corrected chi connectivity index (χ3v) is 4.19. The summed E-state index contributed by atoms with van der Waals surface area (Å²) in [7, 11) is 3.06. The first-order valence-electron chi connectivity index (χ1n) is 8.51. The Bertz CT molecular complexity index is 1060. The van der Waals surface area contributed by atoms with E-state index in [4.69, 9.17) is 9.47 Å². The number of aromatic nitrogens is 2. The molecule has 140 valence electrons. The number of carbonyl (C=O) groups is 1. The third-order valence-electron chi connectivity index (χ3n) is 4.19. The summed E-state index contributed by atoms with van der Waals surface area (Å²) in [4.78, 5) is 25.6. The molecule has 0 bridgehead atoms. The highest BCUT2D eigenvalue weighted by Gasteiger charge is 2.19. The zero-order valence-electron chi connectivity index (χ0n) is 15.6. The second-order valence-corrected chi connectivity index (χ2v) is 6.26. The van der Waals surface area contributed by atoms with Crippen molar-refractivity contribution < 1.29 is 14.3 Å². The Kier molecular flexibility index (Phi) is 5.12. The van der Waals surface area contributed by atoms with E-state index in [-0.39, 0.29) is 17.3 Å². The molecular formula is C20H21N3O4. The van der Waals surface area contributed by atoms with Crippen LogP contribution in [0.25, 0.3) is 10.8 Å². The number of nitrogens with one attached hydrogen (secondary N) is 1. The van der Waals surface area contributed by atoms with E-state index in [1.54, 1.807) is 49.6 Å². The van der Waals surface area contributed by atoms with Crippen molar-refractivity contribution >= 4 is 22.4 Å². The molecule has 1 amide bonds. The number of amides is 1. The smallest absolute Gasteiger partial charge is 0.276 e. The molecule has 2 aromatic carbocycles. The minimum atomic E-state index is -0.427. The van der Waals surface area contributed by atoms with Crippen LogP contribution in [0.2, 0.25) is 0 Å². The van der Waals surface area contributed by atoms with Crippen molar-refractivity contribution in [2.24, 2.45) is 0 Å². The van der Waals surface area contributed by atoms with Crippen LogP contribution < -0.4 is 20.3 Å². The SMILES string of the molecule is COc1ccc(NC(=O)c2nn(C(C)C)c(=O)c3ccccc23)c(OC)c1. The van der Waals surface area contributed by atoms with Crippen molar-refractivity contribution in [3.8, 4) is 11.5 Å². The fraction of sp³-hybridized carbons (Fsp3) is 0.250. The Morgan fingerprint density at radius 1 is 1.07 bits per heavy atom. The summed E-state index contributed by atoms with van der Waals surface area (Å²) in [6.07, 6.45) is 0. The average molecular weight is 367 g/mol. The summed E-state index contributed by atoms with van der Waals surface area (Å²) in [6, 6.07) is 11.9. The fourth-order valence-electron chi connectivity index (χ4n) is 2.81. The van der Waals surface area contributed by atoms with Crippen LogP contribution in [0.4, 0.5) is 5.69 Å². The van der Waals surface area contributed by atoms with Gasteiger partial charge in [0.15, 0.2) is 5.69 Å². The van der Waals surface area contributed by atoms with Gasteiger partial charge in [-0.1, -0.05) is 18.2 Å². The van der Waals surface area contributed by atoms with Crippen LogP contribution in [-0.2, 0) is 0 Å². The lowest BCUT2D eigenvalue weighted by Crippen LogP contribution is -2.29. The molecule has 1 N–H and O–H groups in total. The Hall–Kier alpha value is -3.35. The lowest BCUT2D eigenvalue weighted by molar-refractivity contribution is 0.102. The number of rotatable bonds is 5. The lowest BCUT2D eigenvalue weighted by atomic mass is 10.1. The van der Waals surface area contributed by atoms with Gasteiger partial charge in [0.25, 0.3) is 11.5 Å². The zero-order valence-corrected chi connectivity index (χ0v) is 15.6. The molecule has 0 atom stereocenters. The van der Waals surface area contributed by atoms with Gasteiger partial charge in [0.1, 0.15) is 11.5 Å². The molecule has 0 fully saturated rings. The first kappa shape index (κ1) is 18.4. The minimum Gasteiger partial charge on any atom is -0.497 e. The van der Waals surface area contributed by atoms with E-state index in [9.17, 15) is 9.59 Å². The van der Waals surface area contributed by atoms with Gasteiger partial charge >= 0.3 is 0 Å². The number of anilines is 1. The van der Waals surface area contributed by atoms with Gasteiger partial charge < -0.3 is 14.8 Å². The van der Waals surface area contributed by atoms with Gasteiger partial charge in [0.05, 0.1) is 31.3 Å². The Morgan fingerprint density at radius 3 is 2.41 bits per heavy atom. The molecule has 0 radical (unpaired) electrons. The first-order chi connectivity index (χ1) is 13.0. The van der Waals surface area contributed by atoms with Crippen LogP contribution in [-0.4, -0.2) is 29.9 Å². The predicted molar refractivity (Wildman–Crippen MR) is 104 cm³/mol. The molecule has 3 rings (SSSR count). The fourth-order valence-corrected chi connectivity index (χ4v) is 2.81. The standard InChI is InChI=1S/C20H21N3O4/c1-12(2)23-20(25)15-8-6-5-7-14(15)18(22-23)19(24)21-16-10-9-13(26-3)11-17(16)27-4/h5-12H,1-4H3,(H,21,24). The molecule has 3 aromatic rings. The van der Waals surface area contributed by atoms with E-state index in [0.717, 1.165) is 0 Å². The van der Waals surface area contributed by atoms with Crippen molar-refractivity contribution in [2.45, 2.75) is 19.9 Å². The molecule has 0 unspecified atom stereocenters. The summed E-state index contributed by atoms with van der Waals surface area (Å²) in [5.74, 6) is 0.648. The van der Waals surface area contributed by atoms with Gasteiger partial charge in [-0.15, -0.1) is 0 Å². The summed E-state index contributed by atoms with van der Waals surface area (Å²) < 4.78 is 11.8. The number of nitrogens with zero attached hydrogens (tertiary/aromatic N) is 2. The molecule has 0 spiro atoms. The van der Waals surface area contributed by atoms with Crippen molar-refractivity contribution in [3.63, 3.8) is 0 Å². The number of hydrogen-bond acceptors (Lipinski definition) is 5. The molecule has 7 heteroatoms. The highest BCUT2D eigenvalue weighted by molar-refractivity contribution is 6.11. The maximum absolute atomic E-state index is 13.0. The zero-order chi connectivity index (χ0) is 19.6. The molecule has 7 nitrogen and oxygen atoms in total. The molecule has 0 saturated heterocycles. The van der Waals surface area contributed by atoms with Crippen LogP contribution in [0, 0.1) is 0 Å². The second kappa shape index (κ2) is 7.49. The number of carbonyl (C=O) groups excluding carboxylic acids is 1. The normalized spacial score (nSPS) is 10.9. The van der Waals surface area contributed by atoms with Crippen LogP contribution in [0.3, 0.4) is 0 Å². The Labute approximate surface area is 156 Å². The van der Waals surface area contributed by atoms with Crippen LogP contribution in [0.15, 0.2) is 47.3 Å². The average Bonchev–Trinajstić information content (AvgIpc) is 2.68. The minimum absolute atomic E-state index is 0.177. The van der Waals surface area contributed by atoms with Crippen LogP contribution in [0.5, 0.6) is 11.5 Å². The summed E-state index contributed by atoms with van der Waals surface area (Å²) >= 11 is 0. The largest absolute Gasteiger partial charge is 0.497 e. The maximum Gasteiger partial charge on any atom is 0.276 e. The summed E-state index contributed by atoms with van der Waals surface area (Å²) in [5.41, 5.74) is 0.437. The number of ether oxygens (including phenoxy) is 2. The van der Waals surface area contributed by atoms with E-state index >= 15 is 0 Å². The topological polar surface area (TPSA) is 82.5 Å². The van der Waals surface area contributed by atoms with Crippen molar-refractivity contribution in [2.75, 3.05) is 19.5 Å². The van der Waals surface area contributed by atoms with Gasteiger partial charge in [0.2, 0.25) is 0 Å². The second-order valence-electron chi connectivity index (χ2n) is 6.26. The maximum atomic E-state index is 13.0. The van der Waals surface area contributed by atoms with Crippen LogP contribution in [0.1, 0.15) is 30.4 Å². The van der Waals surface area contributed by atoms with Crippen molar-refractivity contribution in [3.05, 3.63) is 58.5 Å². The molecule has 0 aliphatic rings. The van der Waals surface area contributed by atoms with E-state index in [1.165, 1.54) is 11.8 Å². The van der Waals surface area contributed by atoms with E-state index in [2.05, 4.69) is 10.4 Å². The lowest BCUT2D eigenvalue weighted by Gasteiger charge is -2.15. The number of benzene rings is 2. The first-order valence-corrected chi connectivity index (χ1v) is 8.51. The molecule has 0 aliphatic heterocycles. The Morgan fingerprint density at radius 2 is 1.78 bits per heavy atom. The monoisotopic (exact) mass is 367 g/mol. The molecule has 1 aromatic heterocycles. The van der Waals surface area contributed by atoms with Gasteiger partial charge in [0, 0.05) is 11.5 Å². The molecule has 0 aliphatic carbocycles. The number of methoxy groups -OCH3 is 2. The third kappa shape index (κ3) is 3.48. The highest BCUT2D eigenvalue weighted by Crippen LogP contribution is 2.29. The predicted octanol–water partition coefficient (Wildman–Crippen LogP) is 3.25. The number of fused-ring (bicyclic) bond motifs is 1.